The Hall–Kier alpha value is -1.20. The summed E-state index contributed by atoms with van der Waals surface area (Å²) in [5, 5.41) is 21.4. The van der Waals surface area contributed by atoms with E-state index < -0.39 is 29.0 Å². The van der Waals surface area contributed by atoms with Crippen molar-refractivity contribution in [3.05, 3.63) is 29.3 Å². The molecule has 1 atom stereocenters. The fourth-order valence-electron chi connectivity index (χ4n) is 1.20. The van der Waals surface area contributed by atoms with Gasteiger partial charge in [-0.2, -0.15) is 0 Å². The molecule has 1 aromatic rings. The van der Waals surface area contributed by atoms with Crippen molar-refractivity contribution in [2.24, 2.45) is 0 Å². The number of aliphatic hydroxyl groups is 1. The first kappa shape index (κ1) is 13.9. The highest BCUT2D eigenvalue weighted by atomic mass is 19.1. The minimum absolute atomic E-state index is 0.200. The average molecular weight is 245 g/mol. The smallest absolute Gasteiger partial charge is 0.187 e. The highest BCUT2D eigenvalue weighted by Gasteiger charge is 2.23. The predicted molar refractivity (Wildman–Crippen MR) is 60.6 cm³/mol. The SMILES string of the molecule is CC(O)C(C)(C)NCc1cc(F)c(O)c(F)c1. The van der Waals surface area contributed by atoms with E-state index in [2.05, 4.69) is 5.32 Å². The molecule has 0 radical (unpaired) electrons. The zero-order valence-electron chi connectivity index (χ0n) is 10.1. The Bertz CT molecular complexity index is 382. The summed E-state index contributed by atoms with van der Waals surface area (Å²) in [4.78, 5) is 0. The maximum Gasteiger partial charge on any atom is 0.187 e. The Kier molecular flexibility index (Phi) is 4.06. The Morgan fingerprint density at radius 1 is 1.29 bits per heavy atom. The molecule has 1 unspecified atom stereocenters. The molecule has 96 valence electrons. The van der Waals surface area contributed by atoms with Crippen molar-refractivity contribution in [3.63, 3.8) is 0 Å². The number of hydrogen-bond donors (Lipinski definition) is 3. The largest absolute Gasteiger partial charge is 0.503 e. The van der Waals surface area contributed by atoms with Gasteiger partial charge >= 0.3 is 0 Å². The van der Waals surface area contributed by atoms with Gasteiger partial charge in [0.05, 0.1) is 6.10 Å². The van der Waals surface area contributed by atoms with E-state index in [-0.39, 0.29) is 6.54 Å². The van der Waals surface area contributed by atoms with E-state index in [0.717, 1.165) is 12.1 Å². The number of rotatable bonds is 4. The Morgan fingerprint density at radius 2 is 1.76 bits per heavy atom. The van der Waals surface area contributed by atoms with Gasteiger partial charge in [0.15, 0.2) is 17.4 Å². The molecule has 0 saturated carbocycles. The Labute approximate surface area is 99.1 Å². The van der Waals surface area contributed by atoms with Crippen LogP contribution in [0.3, 0.4) is 0 Å². The standard InChI is InChI=1S/C12H17F2NO2/c1-7(16)12(2,3)15-6-8-4-9(13)11(17)10(14)5-8/h4-5,7,15-17H,6H2,1-3H3. The van der Waals surface area contributed by atoms with Crippen molar-refractivity contribution in [1.82, 2.24) is 5.32 Å². The van der Waals surface area contributed by atoms with Crippen molar-refractivity contribution < 1.29 is 19.0 Å². The van der Waals surface area contributed by atoms with E-state index in [1.54, 1.807) is 20.8 Å². The van der Waals surface area contributed by atoms with Crippen molar-refractivity contribution in [2.75, 3.05) is 0 Å². The van der Waals surface area contributed by atoms with Crippen LogP contribution in [0.4, 0.5) is 8.78 Å². The number of benzene rings is 1. The molecule has 0 aliphatic carbocycles. The summed E-state index contributed by atoms with van der Waals surface area (Å²) in [6, 6.07) is 2.12. The molecule has 0 aliphatic rings. The lowest BCUT2D eigenvalue weighted by atomic mass is 9.98. The van der Waals surface area contributed by atoms with Crippen LogP contribution in [-0.2, 0) is 6.54 Å². The fourth-order valence-corrected chi connectivity index (χ4v) is 1.20. The topological polar surface area (TPSA) is 52.5 Å². The van der Waals surface area contributed by atoms with Crippen LogP contribution in [0.15, 0.2) is 12.1 Å². The molecular weight excluding hydrogens is 228 g/mol. The summed E-state index contributed by atoms with van der Waals surface area (Å²) in [6.45, 7) is 5.40. The third-order valence-electron chi connectivity index (χ3n) is 2.87. The van der Waals surface area contributed by atoms with Gasteiger partial charge in [0.2, 0.25) is 0 Å². The quantitative estimate of drug-likeness (QED) is 0.759. The molecule has 5 heteroatoms. The molecule has 0 saturated heterocycles. The van der Waals surface area contributed by atoms with Crippen LogP contribution < -0.4 is 5.32 Å². The lowest BCUT2D eigenvalue weighted by Crippen LogP contribution is -2.47. The summed E-state index contributed by atoms with van der Waals surface area (Å²) in [5.41, 5.74) is -0.197. The van der Waals surface area contributed by atoms with Gasteiger partial charge in [0.25, 0.3) is 0 Å². The second-order valence-electron chi connectivity index (χ2n) is 4.66. The van der Waals surface area contributed by atoms with E-state index >= 15 is 0 Å². The molecular formula is C12H17F2NO2. The number of hydrogen-bond acceptors (Lipinski definition) is 3. The summed E-state index contributed by atoms with van der Waals surface area (Å²) >= 11 is 0. The Balaban J connectivity index is 2.77. The van der Waals surface area contributed by atoms with E-state index in [9.17, 15) is 13.9 Å². The van der Waals surface area contributed by atoms with E-state index in [4.69, 9.17) is 5.11 Å². The molecule has 0 heterocycles. The molecule has 3 N–H and O–H groups in total. The minimum atomic E-state index is -0.989. The van der Waals surface area contributed by atoms with Gasteiger partial charge in [-0.25, -0.2) is 8.78 Å². The van der Waals surface area contributed by atoms with E-state index in [1.165, 1.54) is 0 Å². The summed E-state index contributed by atoms with van der Waals surface area (Å²) < 4.78 is 26.1. The van der Waals surface area contributed by atoms with Gasteiger partial charge in [-0.05, 0) is 38.5 Å². The molecule has 0 aromatic heterocycles. The minimum Gasteiger partial charge on any atom is -0.503 e. The average Bonchev–Trinajstić information content (AvgIpc) is 2.22. The van der Waals surface area contributed by atoms with Gasteiger partial charge in [-0.1, -0.05) is 0 Å². The Morgan fingerprint density at radius 3 is 2.18 bits per heavy atom. The summed E-state index contributed by atoms with van der Waals surface area (Å²) in [7, 11) is 0. The van der Waals surface area contributed by atoms with Crippen LogP contribution in [0, 0.1) is 11.6 Å². The highest BCUT2D eigenvalue weighted by molar-refractivity contribution is 5.30. The molecule has 0 fully saturated rings. The molecule has 1 aromatic carbocycles. The lowest BCUT2D eigenvalue weighted by Gasteiger charge is -2.29. The molecule has 0 aliphatic heterocycles. The molecule has 17 heavy (non-hydrogen) atoms. The van der Waals surface area contributed by atoms with Crippen LogP contribution in [0.25, 0.3) is 0 Å². The van der Waals surface area contributed by atoms with Crippen LogP contribution in [0.2, 0.25) is 0 Å². The van der Waals surface area contributed by atoms with Crippen LogP contribution in [0.5, 0.6) is 5.75 Å². The second kappa shape index (κ2) is 4.98. The molecule has 0 amide bonds. The lowest BCUT2D eigenvalue weighted by molar-refractivity contribution is 0.0956. The van der Waals surface area contributed by atoms with Crippen molar-refractivity contribution in [1.29, 1.82) is 0 Å². The number of aromatic hydroxyl groups is 1. The highest BCUT2D eigenvalue weighted by Crippen LogP contribution is 2.21. The van der Waals surface area contributed by atoms with E-state index in [1.807, 2.05) is 0 Å². The zero-order chi connectivity index (χ0) is 13.2. The fraction of sp³-hybridized carbons (Fsp3) is 0.500. The van der Waals surface area contributed by atoms with Crippen LogP contribution in [0.1, 0.15) is 26.3 Å². The van der Waals surface area contributed by atoms with Crippen molar-refractivity contribution in [2.45, 2.75) is 39.0 Å². The van der Waals surface area contributed by atoms with Crippen molar-refractivity contribution in [3.8, 4) is 5.75 Å². The van der Waals surface area contributed by atoms with Crippen LogP contribution >= 0.6 is 0 Å². The first-order chi connectivity index (χ1) is 7.74. The van der Waals surface area contributed by atoms with Gasteiger partial charge in [0.1, 0.15) is 0 Å². The first-order valence-corrected chi connectivity index (χ1v) is 5.34. The van der Waals surface area contributed by atoms with Crippen LogP contribution in [-0.4, -0.2) is 21.9 Å². The first-order valence-electron chi connectivity index (χ1n) is 5.34. The third-order valence-corrected chi connectivity index (χ3v) is 2.87. The number of halogens is 2. The normalized spacial score (nSPS) is 13.8. The van der Waals surface area contributed by atoms with E-state index in [0.29, 0.717) is 5.56 Å². The van der Waals surface area contributed by atoms with Gasteiger partial charge in [0, 0.05) is 12.1 Å². The number of aliphatic hydroxyl groups excluding tert-OH is 1. The molecule has 3 nitrogen and oxygen atoms in total. The monoisotopic (exact) mass is 245 g/mol. The number of nitrogens with one attached hydrogen (secondary N) is 1. The second-order valence-corrected chi connectivity index (χ2v) is 4.66. The molecule has 0 spiro atoms. The third kappa shape index (κ3) is 3.38. The zero-order valence-corrected chi connectivity index (χ0v) is 10.1. The maximum absolute atomic E-state index is 13.1. The molecule has 1 rings (SSSR count). The van der Waals surface area contributed by atoms with Crippen molar-refractivity contribution >= 4 is 0 Å². The van der Waals surface area contributed by atoms with Gasteiger partial charge in [-0.3, -0.25) is 0 Å². The molecule has 0 bridgehead atoms. The van der Waals surface area contributed by atoms with Gasteiger partial charge in [-0.15, -0.1) is 0 Å². The summed E-state index contributed by atoms with van der Waals surface area (Å²) in [5.74, 6) is -2.95. The number of phenolic OH excluding ortho intramolecular Hbond substituents is 1. The predicted octanol–water partition coefficient (Wildman–Crippen LogP) is 1.92. The maximum atomic E-state index is 13.1. The van der Waals surface area contributed by atoms with Gasteiger partial charge < -0.3 is 15.5 Å². The summed E-state index contributed by atoms with van der Waals surface area (Å²) in [6.07, 6.45) is -0.602. The number of phenols is 1.